The second kappa shape index (κ2) is 6.18. The Labute approximate surface area is 97.1 Å². The van der Waals surface area contributed by atoms with Gasteiger partial charge in [-0.3, -0.25) is 4.79 Å². The number of carbonyl (C=O) groups is 1. The molecule has 1 aliphatic rings. The number of nitrogens with one attached hydrogen (secondary N) is 1. The molecule has 0 radical (unpaired) electrons. The first-order valence-corrected chi connectivity index (χ1v) is 5.60. The van der Waals surface area contributed by atoms with Crippen LogP contribution in [0.2, 0.25) is 0 Å². The summed E-state index contributed by atoms with van der Waals surface area (Å²) in [6, 6.07) is 0. The zero-order chi connectivity index (χ0) is 12.0. The molecule has 16 heavy (non-hydrogen) atoms. The fourth-order valence-electron chi connectivity index (χ4n) is 2.12. The maximum absolute atomic E-state index is 12.3. The summed E-state index contributed by atoms with van der Waals surface area (Å²) in [6.45, 7) is 3.26. The zero-order valence-electron chi connectivity index (χ0n) is 10.4. The number of carbonyl (C=O) groups excluding carboxylic acids is 1. The molecule has 1 heterocycles. The highest BCUT2D eigenvalue weighted by molar-refractivity contribution is 5.83. The third kappa shape index (κ3) is 2.93. The quantitative estimate of drug-likeness (QED) is 0.682. The fraction of sp³-hybridized carbons (Fsp3) is 0.909. The fourth-order valence-corrected chi connectivity index (χ4v) is 2.12. The van der Waals surface area contributed by atoms with E-state index in [9.17, 15) is 4.79 Å². The molecule has 0 aromatic carbocycles. The van der Waals surface area contributed by atoms with Crippen molar-refractivity contribution < 1.29 is 14.3 Å². The molecule has 0 saturated carbocycles. The number of ether oxygens (including phenoxy) is 2. The van der Waals surface area contributed by atoms with E-state index in [4.69, 9.17) is 9.47 Å². The maximum Gasteiger partial charge on any atom is 0.232 e. The molecule has 1 atom stereocenters. The number of nitrogens with zero attached hydrogens (tertiary/aromatic N) is 1. The number of methoxy groups -OCH3 is 2. The van der Waals surface area contributed by atoms with Crippen molar-refractivity contribution in [1.29, 1.82) is 0 Å². The molecule has 0 aliphatic carbocycles. The van der Waals surface area contributed by atoms with Gasteiger partial charge in [-0.2, -0.15) is 0 Å². The number of likely N-dealkylation sites (N-methyl/N-ethyl adjacent to an activating group) is 1. The molecular weight excluding hydrogens is 208 g/mol. The van der Waals surface area contributed by atoms with Gasteiger partial charge in [0.1, 0.15) is 0 Å². The van der Waals surface area contributed by atoms with Crippen molar-refractivity contribution in [1.82, 2.24) is 10.2 Å². The van der Waals surface area contributed by atoms with Crippen LogP contribution in [0.4, 0.5) is 0 Å². The molecule has 1 amide bonds. The molecule has 1 saturated heterocycles. The molecule has 1 aliphatic heterocycles. The van der Waals surface area contributed by atoms with Crippen molar-refractivity contribution in [2.45, 2.75) is 6.42 Å². The van der Waals surface area contributed by atoms with Crippen LogP contribution >= 0.6 is 0 Å². The van der Waals surface area contributed by atoms with Crippen LogP contribution in [0.5, 0.6) is 0 Å². The van der Waals surface area contributed by atoms with E-state index in [0.29, 0.717) is 26.3 Å². The van der Waals surface area contributed by atoms with Crippen LogP contribution in [0, 0.1) is 5.41 Å². The van der Waals surface area contributed by atoms with Crippen LogP contribution in [0.15, 0.2) is 0 Å². The molecule has 1 unspecified atom stereocenters. The lowest BCUT2D eigenvalue weighted by Crippen LogP contribution is -2.47. The summed E-state index contributed by atoms with van der Waals surface area (Å²) < 4.78 is 10.2. The molecular formula is C11H22N2O3. The second-order valence-electron chi connectivity index (χ2n) is 4.36. The normalized spacial score (nSPS) is 24.7. The first-order valence-electron chi connectivity index (χ1n) is 5.60. The van der Waals surface area contributed by atoms with Gasteiger partial charge in [-0.15, -0.1) is 0 Å². The van der Waals surface area contributed by atoms with Crippen molar-refractivity contribution in [3.63, 3.8) is 0 Å². The summed E-state index contributed by atoms with van der Waals surface area (Å²) in [5, 5.41) is 3.23. The summed E-state index contributed by atoms with van der Waals surface area (Å²) >= 11 is 0. The van der Waals surface area contributed by atoms with Gasteiger partial charge in [0, 0.05) is 34.4 Å². The van der Waals surface area contributed by atoms with Crippen molar-refractivity contribution in [2.75, 3.05) is 54.1 Å². The average Bonchev–Trinajstić information content (AvgIpc) is 2.75. The van der Waals surface area contributed by atoms with Gasteiger partial charge in [0.15, 0.2) is 0 Å². The number of hydrogen-bond acceptors (Lipinski definition) is 4. The minimum atomic E-state index is -0.378. The lowest BCUT2D eigenvalue weighted by Gasteiger charge is -2.31. The molecule has 0 spiro atoms. The summed E-state index contributed by atoms with van der Waals surface area (Å²) in [6.07, 6.45) is 0.844. The predicted octanol–water partition coefficient (Wildman–Crippen LogP) is -0.283. The summed E-state index contributed by atoms with van der Waals surface area (Å²) in [4.78, 5) is 14.0. The second-order valence-corrected chi connectivity index (χ2v) is 4.36. The summed E-state index contributed by atoms with van der Waals surface area (Å²) in [5.74, 6) is 0.149. The Kier molecular flexibility index (Phi) is 5.18. The maximum atomic E-state index is 12.3. The van der Waals surface area contributed by atoms with Crippen LogP contribution in [0.25, 0.3) is 0 Å². The summed E-state index contributed by atoms with van der Waals surface area (Å²) in [7, 11) is 5.10. The van der Waals surface area contributed by atoms with E-state index in [2.05, 4.69) is 5.32 Å². The molecule has 1 N–H and O–H groups in total. The number of hydrogen-bond donors (Lipinski definition) is 1. The minimum absolute atomic E-state index is 0.149. The van der Waals surface area contributed by atoms with Crippen molar-refractivity contribution in [2.24, 2.45) is 5.41 Å². The van der Waals surface area contributed by atoms with E-state index >= 15 is 0 Å². The Hall–Kier alpha value is -0.650. The first-order chi connectivity index (χ1) is 7.66. The van der Waals surface area contributed by atoms with E-state index in [-0.39, 0.29) is 11.3 Å². The van der Waals surface area contributed by atoms with Crippen LogP contribution < -0.4 is 5.32 Å². The zero-order valence-corrected chi connectivity index (χ0v) is 10.4. The number of rotatable bonds is 6. The van der Waals surface area contributed by atoms with Crippen molar-refractivity contribution >= 4 is 5.91 Å². The predicted molar refractivity (Wildman–Crippen MR) is 61.3 cm³/mol. The average molecular weight is 230 g/mol. The molecule has 5 heteroatoms. The smallest absolute Gasteiger partial charge is 0.232 e. The Balaban J connectivity index is 2.60. The Morgan fingerprint density at radius 2 is 2.19 bits per heavy atom. The first kappa shape index (κ1) is 13.4. The van der Waals surface area contributed by atoms with Gasteiger partial charge in [-0.1, -0.05) is 0 Å². The molecule has 5 nitrogen and oxygen atoms in total. The van der Waals surface area contributed by atoms with Crippen molar-refractivity contribution in [3.05, 3.63) is 0 Å². The largest absolute Gasteiger partial charge is 0.384 e. The summed E-state index contributed by atoms with van der Waals surface area (Å²) in [5.41, 5.74) is -0.378. The van der Waals surface area contributed by atoms with E-state index in [1.54, 1.807) is 19.1 Å². The Morgan fingerprint density at radius 1 is 1.44 bits per heavy atom. The topological polar surface area (TPSA) is 50.8 Å². The van der Waals surface area contributed by atoms with E-state index in [0.717, 1.165) is 13.0 Å². The highest BCUT2D eigenvalue weighted by atomic mass is 16.5. The molecule has 0 bridgehead atoms. The van der Waals surface area contributed by atoms with E-state index in [1.807, 2.05) is 7.05 Å². The SMILES string of the molecule is COCCN(C)C(=O)C1(COC)CCNC1. The van der Waals surface area contributed by atoms with Gasteiger partial charge in [0.25, 0.3) is 0 Å². The Morgan fingerprint density at radius 3 is 2.69 bits per heavy atom. The molecule has 1 fully saturated rings. The minimum Gasteiger partial charge on any atom is -0.384 e. The number of amides is 1. The van der Waals surface area contributed by atoms with Crippen LogP contribution in [-0.4, -0.2) is 64.9 Å². The van der Waals surface area contributed by atoms with Gasteiger partial charge < -0.3 is 19.7 Å². The van der Waals surface area contributed by atoms with E-state index < -0.39 is 0 Å². The van der Waals surface area contributed by atoms with Crippen LogP contribution in [-0.2, 0) is 14.3 Å². The van der Waals surface area contributed by atoms with Gasteiger partial charge in [0.05, 0.1) is 18.6 Å². The van der Waals surface area contributed by atoms with Crippen LogP contribution in [0.1, 0.15) is 6.42 Å². The lowest BCUT2D eigenvalue weighted by atomic mass is 9.86. The molecule has 1 rings (SSSR count). The Bertz CT molecular complexity index is 227. The van der Waals surface area contributed by atoms with Gasteiger partial charge >= 0.3 is 0 Å². The third-order valence-corrected chi connectivity index (χ3v) is 3.10. The standard InChI is InChI=1S/C11H22N2O3/c1-13(6-7-15-2)10(14)11(9-16-3)4-5-12-8-11/h12H,4-9H2,1-3H3. The highest BCUT2D eigenvalue weighted by Crippen LogP contribution is 2.28. The van der Waals surface area contributed by atoms with Gasteiger partial charge in [-0.25, -0.2) is 0 Å². The van der Waals surface area contributed by atoms with Gasteiger partial charge in [0.2, 0.25) is 5.91 Å². The highest BCUT2D eigenvalue weighted by Gasteiger charge is 2.42. The molecule has 0 aromatic rings. The lowest BCUT2D eigenvalue weighted by molar-refractivity contribution is -0.143. The van der Waals surface area contributed by atoms with Gasteiger partial charge in [-0.05, 0) is 13.0 Å². The molecule has 0 aromatic heterocycles. The van der Waals surface area contributed by atoms with Crippen molar-refractivity contribution in [3.8, 4) is 0 Å². The molecule has 94 valence electrons. The third-order valence-electron chi connectivity index (χ3n) is 3.10. The van der Waals surface area contributed by atoms with Crippen LogP contribution in [0.3, 0.4) is 0 Å². The van der Waals surface area contributed by atoms with E-state index in [1.165, 1.54) is 0 Å². The monoisotopic (exact) mass is 230 g/mol.